The van der Waals surface area contributed by atoms with Gasteiger partial charge in [-0.1, -0.05) is 42.5 Å². The van der Waals surface area contributed by atoms with Crippen LogP contribution in [0.1, 0.15) is 5.56 Å². The van der Waals surface area contributed by atoms with E-state index in [4.69, 9.17) is 15.7 Å². The first kappa shape index (κ1) is 27.7. The third kappa shape index (κ3) is 4.72. The number of nitrogen functional groups attached to an aromatic ring is 1. The van der Waals surface area contributed by atoms with Gasteiger partial charge in [-0.15, -0.1) is 11.8 Å². The van der Waals surface area contributed by atoms with E-state index in [1.807, 2.05) is 48.7 Å². The Morgan fingerprint density at radius 3 is 2.31 bits per heavy atom. The second kappa shape index (κ2) is 11.0. The Labute approximate surface area is 264 Å². The number of nitrogens with zero attached hydrogens (tertiary/aromatic N) is 6. The summed E-state index contributed by atoms with van der Waals surface area (Å²) in [5.41, 5.74) is 12.7. The van der Waals surface area contributed by atoms with Crippen molar-refractivity contribution in [1.82, 2.24) is 24.4 Å². The quantitative estimate of drug-likeness (QED) is 0.204. The van der Waals surface area contributed by atoms with E-state index in [-0.39, 0.29) is 10.9 Å². The van der Waals surface area contributed by atoms with Crippen molar-refractivity contribution in [1.29, 1.82) is 0 Å². The highest BCUT2D eigenvalue weighted by molar-refractivity contribution is 7.98. The fourth-order valence-electron chi connectivity index (χ4n) is 7.00. The summed E-state index contributed by atoms with van der Waals surface area (Å²) in [7, 11) is 0. The van der Waals surface area contributed by atoms with E-state index in [0.29, 0.717) is 34.1 Å². The SMILES string of the molecule is CSc1c(N2C[C@H]3CN(Cc4ccc(-n5c(-c6cccnc6N)nc6ccc(-c7ccccc7)nc65)cc4)C[C@H]3C2)c(=O)c1=O. The van der Waals surface area contributed by atoms with Gasteiger partial charge < -0.3 is 10.6 Å². The van der Waals surface area contributed by atoms with Gasteiger partial charge in [0.25, 0.3) is 5.43 Å². The second-order valence-corrected chi connectivity index (χ2v) is 12.8. The monoisotopic (exact) mass is 613 g/mol. The maximum Gasteiger partial charge on any atom is 0.251 e. The number of imidazole rings is 1. The van der Waals surface area contributed by atoms with E-state index in [1.165, 1.54) is 17.3 Å². The number of likely N-dealkylation sites (tertiary alicyclic amines) is 1. The lowest BCUT2D eigenvalue weighted by Crippen LogP contribution is -2.42. The fraction of sp³-hybridized carbons (Fsp3) is 0.229. The van der Waals surface area contributed by atoms with Crippen molar-refractivity contribution in [2.45, 2.75) is 11.4 Å². The van der Waals surface area contributed by atoms with Crippen molar-refractivity contribution < 1.29 is 0 Å². The van der Waals surface area contributed by atoms with Gasteiger partial charge in [-0.3, -0.25) is 19.1 Å². The van der Waals surface area contributed by atoms with Crippen LogP contribution in [0.5, 0.6) is 0 Å². The molecule has 0 saturated carbocycles. The number of anilines is 2. The first-order valence-corrected chi connectivity index (χ1v) is 16.3. The van der Waals surface area contributed by atoms with E-state index < -0.39 is 0 Å². The molecule has 0 spiro atoms. The number of fused-ring (bicyclic) bond motifs is 2. The van der Waals surface area contributed by atoms with Crippen LogP contribution in [-0.2, 0) is 6.54 Å². The molecule has 2 N–H and O–H groups in total. The molecule has 0 unspecified atom stereocenters. The third-order valence-corrected chi connectivity index (χ3v) is 9.97. The highest BCUT2D eigenvalue weighted by atomic mass is 32.2. The van der Waals surface area contributed by atoms with Crippen molar-refractivity contribution in [2.75, 3.05) is 43.1 Å². The minimum Gasteiger partial charge on any atom is -0.383 e. The maximum atomic E-state index is 12.2. The summed E-state index contributed by atoms with van der Waals surface area (Å²) >= 11 is 1.39. The molecule has 2 aliphatic rings. The Morgan fingerprint density at radius 1 is 0.844 bits per heavy atom. The summed E-state index contributed by atoms with van der Waals surface area (Å²) in [6.45, 7) is 4.49. The van der Waals surface area contributed by atoms with Gasteiger partial charge in [-0.25, -0.2) is 15.0 Å². The molecule has 224 valence electrons. The number of hydrogen-bond donors (Lipinski definition) is 1. The minimum absolute atomic E-state index is 0.317. The molecular weight excluding hydrogens is 582 g/mol. The van der Waals surface area contributed by atoms with Crippen molar-refractivity contribution in [3.8, 4) is 28.3 Å². The molecule has 0 radical (unpaired) electrons. The Kier molecular flexibility index (Phi) is 6.76. The van der Waals surface area contributed by atoms with Gasteiger partial charge in [0.05, 0.1) is 16.2 Å². The predicted molar refractivity (Wildman–Crippen MR) is 180 cm³/mol. The first-order chi connectivity index (χ1) is 22.0. The number of aromatic nitrogens is 4. The van der Waals surface area contributed by atoms with Crippen molar-refractivity contribution in [3.63, 3.8) is 0 Å². The summed E-state index contributed by atoms with van der Waals surface area (Å²) in [5.74, 6) is 2.11. The normalized spacial score (nSPS) is 18.3. The zero-order valence-electron chi connectivity index (χ0n) is 24.8. The highest BCUT2D eigenvalue weighted by Crippen LogP contribution is 2.37. The molecule has 10 heteroatoms. The lowest BCUT2D eigenvalue weighted by molar-refractivity contribution is 0.308. The number of nitrogens with two attached hydrogens (primary N) is 1. The van der Waals surface area contributed by atoms with Gasteiger partial charge in [0.15, 0.2) is 11.5 Å². The van der Waals surface area contributed by atoms with E-state index in [9.17, 15) is 9.59 Å². The van der Waals surface area contributed by atoms with Crippen molar-refractivity contribution in [3.05, 3.63) is 111 Å². The molecule has 3 aromatic carbocycles. The summed E-state index contributed by atoms with van der Waals surface area (Å²) in [6, 6.07) is 26.5. The van der Waals surface area contributed by atoms with Crippen LogP contribution < -0.4 is 21.5 Å². The van der Waals surface area contributed by atoms with E-state index in [0.717, 1.165) is 66.4 Å². The minimum atomic E-state index is -0.327. The molecule has 2 atom stereocenters. The molecule has 8 rings (SSSR count). The van der Waals surface area contributed by atoms with Crippen molar-refractivity contribution >= 4 is 34.4 Å². The average molecular weight is 614 g/mol. The van der Waals surface area contributed by atoms with Crippen LogP contribution in [-0.4, -0.2) is 56.9 Å². The molecule has 6 aromatic rings. The molecule has 2 fully saturated rings. The number of benzene rings is 2. The summed E-state index contributed by atoms with van der Waals surface area (Å²) in [5, 5.41) is 0. The van der Waals surface area contributed by atoms with Crippen LogP contribution in [0.25, 0.3) is 39.5 Å². The fourth-order valence-corrected chi connectivity index (χ4v) is 7.70. The Morgan fingerprint density at radius 2 is 1.60 bits per heavy atom. The number of rotatable bonds is 7. The Bertz CT molecular complexity index is 2110. The van der Waals surface area contributed by atoms with Gasteiger partial charge in [-0.05, 0) is 60.1 Å². The zero-order chi connectivity index (χ0) is 30.7. The number of hydrogen-bond acceptors (Lipinski definition) is 9. The van der Waals surface area contributed by atoms with Crippen LogP contribution in [0.2, 0.25) is 0 Å². The zero-order valence-corrected chi connectivity index (χ0v) is 25.6. The predicted octanol–water partition coefficient (Wildman–Crippen LogP) is 4.62. The summed E-state index contributed by atoms with van der Waals surface area (Å²) < 4.78 is 2.07. The molecule has 3 aromatic heterocycles. The lowest BCUT2D eigenvalue weighted by atomic mass is 10.0. The third-order valence-electron chi connectivity index (χ3n) is 9.18. The van der Waals surface area contributed by atoms with Crippen LogP contribution in [0.3, 0.4) is 0 Å². The average Bonchev–Trinajstić information content (AvgIpc) is 3.75. The molecule has 0 aliphatic carbocycles. The van der Waals surface area contributed by atoms with E-state index in [2.05, 4.69) is 55.7 Å². The Hall–Kier alpha value is -4.80. The number of thioether (sulfide) groups is 1. The molecule has 0 amide bonds. The summed E-state index contributed by atoms with van der Waals surface area (Å²) in [6.07, 6.45) is 3.55. The van der Waals surface area contributed by atoms with Gasteiger partial charge in [0, 0.05) is 50.2 Å². The maximum absolute atomic E-state index is 12.2. The Balaban J connectivity index is 1.06. The van der Waals surface area contributed by atoms with Gasteiger partial charge in [-0.2, -0.15) is 0 Å². The first-order valence-electron chi connectivity index (χ1n) is 15.1. The topological polar surface area (TPSA) is 110 Å². The van der Waals surface area contributed by atoms with E-state index >= 15 is 0 Å². The molecule has 5 heterocycles. The van der Waals surface area contributed by atoms with Crippen LogP contribution in [0.4, 0.5) is 11.5 Å². The standard InChI is InChI=1S/C35H31N7O2S/c1-45-32-29(30(43)31(32)44)41-19-23-17-40(18-24(23)20-41)16-21-9-11-25(12-10-21)42-34(26-8-5-15-37-33(26)36)39-28-14-13-27(38-35(28)42)22-6-3-2-4-7-22/h2-15,23-24H,16-20H2,1H3,(H2,36,37)/t23-,24+. The van der Waals surface area contributed by atoms with Crippen LogP contribution in [0.15, 0.2) is 99.5 Å². The lowest BCUT2D eigenvalue weighted by Gasteiger charge is -2.25. The molecule has 2 saturated heterocycles. The van der Waals surface area contributed by atoms with Gasteiger partial charge in [0.1, 0.15) is 17.0 Å². The molecule has 9 nitrogen and oxygen atoms in total. The molecule has 0 bridgehead atoms. The molecule has 45 heavy (non-hydrogen) atoms. The largest absolute Gasteiger partial charge is 0.383 e. The van der Waals surface area contributed by atoms with Gasteiger partial charge in [0.2, 0.25) is 5.43 Å². The molecule has 2 aliphatic heterocycles. The smallest absolute Gasteiger partial charge is 0.251 e. The number of pyridine rings is 2. The molecular formula is C35H31N7O2S. The second-order valence-electron chi connectivity index (χ2n) is 11.9. The summed E-state index contributed by atoms with van der Waals surface area (Å²) in [4.78, 5) is 43.8. The highest BCUT2D eigenvalue weighted by Gasteiger charge is 2.42. The van der Waals surface area contributed by atoms with Crippen LogP contribution >= 0.6 is 11.8 Å². The van der Waals surface area contributed by atoms with E-state index in [1.54, 1.807) is 6.20 Å². The van der Waals surface area contributed by atoms with Crippen LogP contribution in [0, 0.1) is 11.8 Å². The van der Waals surface area contributed by atoms with Gasteiger partial charge >= 0.3 is 0 Å². The van der Waals surface area contributed by atoms with Crippen molar-refractivity contribution in [2.24, 2.45) is 11.8 Å².